The number of nitrogens with one attached hydrogen (secondary N) is 1. The van der Waals surface area contributed by atoms with Gasteiger partial charge in [0.15, 0.2) is 0 Å². The first-order chi connectivity index (χ1) is 8.33. The van der Waals surface area contributed by atoms with E-state index in [9.17, 15) is 0 Å². The smallest absolute Gasteiger partial charge is 0.120 e. The highest BCUT2D eigenvalue weighted by Gasteiger charge is 2.22. The SMILES string of the molecule is CCNCC1CCN(c2cccc(OC)c2)C1. The van der Waals surface area contributed by atoms with Crippen molar-refractivity contribution in [3.8, 4) is 5.75 Å². The van der Waals surface area contributed by atoms with Gasteiger partial charge in [-0.2, -0.15) is 0 Å². The maximum atomic E-state index is 5.27. The molecule has 1 aromatic rings. The Morgan fingerprint density at radius 3 is 3.12 bits per heavy atom. The van der Waals surface area contributed by atoms with E-state index in [4.69, 9.17) is 4.74 Å². The molecule has 3 nitrogen and oxygen atoms in total. The lowest BCUT2D eigenvalue weighted by atomic mass is 10.1. The summed E-state index contributed by atoms with van der Waals surface area (Å²) in [5.41, 5.74) is 1.28. The summed E-state index contributed by atoms with van der Waals surface area (Å²) in [6, 6.07) is 8.34. The largest absolute Gasteiger partial charge is 0.497 e. The van der Waals surface area contributed by atoms with E-state index < -0.39 is 0 Å². The molecule has 1 atom stereocenters. The average molecular weight is 234 g/mol. The molecule has 1 saturated heterocycles. The maximum absolute atomic E-state index is 5.27. The van der Waals surface area contributed by atoms with Crippen LogP contribution in [0.2, 0.25) is 0 Å². The van der Waals surface area contributed by atoms with E-state index in [1.165, 1.54) is 12.1 Å². The summed E-state index contributed by atoms with van der Waals surface area (Å²) in [5.74, 6) is 1.72. The van der Waals surface area contributed by atoms with Gasteiger partial charge >= 0.3 is 0 Å². The Balaban J connectivity index is 1.94. The quantitative estimate of drug-likeness (QED) is 0.844. The standard InChI is InChI=1S/C14H22N2O/c1-3-15-10-12-7-8-16(11-12)13-5-4-6-14(9-13)17-2/h4-6,9,12,15H,3,7-8,10-11H2,1-2H3. The minimum Gasteiger partial charge on any atom is -0.497 e. The van der Waals surface area contributed by atoms with E-state index in [0.717, 1.165) is 37.8 Å². The third-order valence-electron chi connectivity index (χ3n) is 3.39. The molecule has 17 heavy (non-hydrogen) atoms. The number of anilines is 1. The van der Waals surface area contributed by atoms with Crippen molar-refractivity contribution in [1.82, 2.24) is 5.32 Å². The third-order valence-corrected chi connectivity index (χ3v) is 3.39. The highest BCUT2D eigenvalue weighted by Crippen LogP contribution is 2.26. The topological polar surface area (TPSA) is 24.5 Å². The van der Waals surface area contributed by atoms with Crippen LogP contribution in [0.3, 0.4) is 0 Å². The molecule has 1 N–H and O–H groups in total. The summed E-state index contributed by atoms with van der Waals surface area (Å²) in [4.78, 5) is 2.45. The Morgan fingerprint density at radius 1 is 1.47 bits per heavy atom. The van der Waals surface area contributed by atoms with Crippen molar-refractivity contribution < 1.29 is 4.74 Å². The molecule has 94 valence electrons. The number of nitrogens with zero attached hydrogens (tertiary/aromatic N) is 1. The summed E-state index contributed by atoms with van der Waals surface area (Å²) in [6.45, 7) is 6.67. The van der Waals surface area contributed by atoms with Crippen LogP contribution in [0.25, 0.3) is 0 Å². The minimum absolute atomic E-state index is 0.779. The predicted octanol–water partition coefficient (Wildman–Crippen LogP) is 2.13. The van der Waals surface area contributed by atoms with Crippen molar-refractivity contribution in [2.75, 3.05) is 38.2 Å². The van der Waals surface area contributed by atoms with Crippen molar-refractivity contribution in [2.45, 2.75) is 13.3 Å². The van der Waals surface area contributed by atoms with Crippen LogP contribution < -0.4 is 15.0 Å². The van der Waals surface area contributed by atoms with E-state index >= 15 is 0 Å². The monoisotopic (exact) mass is 234 g/mol. The Hall–Kier alpha value is -1.22. The molecule has 0 saturated carbocycles. The summed E-state index contributed by atoms with van der Waals surface area (Å²) >= 11 is 0. The van der Waals surface area contributed by atoms with Crippen LogP contribution in [-0.4, -0.2) is 33.3 Å². The fraction of sp³-hybridized carbons (Fsp3) is 0.571. The van der Waals surface area contributed by atoms with E-state index in [1.54, 1.807) is 7.11 Å². The minimum atomic E-state index is 0.779. The van der Waals surface area contributed by atoms with Gasteiger partial charge in [-0.05, 0) is 37.6 Å². The second-order valence-corrected chi connectivity index (χ2v) is 4.61. The van der Waals surface area contributed by atoms with Gasteiger partial charge in [0, 0.05) is 24.8 Å². The first kappa shape index (κ1) is 12.2. The lowest BCUT2D eigenvalue weighted by Gasteiger charge is -2.19. The number of hydrogen-bond donors (Lipinski definition) is 1. The van der Waals surface area contributed by atoms with Gasteiger partial charge in [-0.1, -0.05) is 13.0 Å². The molecule has 3 heteroatoms. The van der Waals surface area contributed by atoms with Crippen molar-refractivity contribution in [3.63, 3.8) is 0 Å². The molecule has 0 bridgehead atoms. The Bertz CT molecular complexity index is 354. The van der Waals surface area contributed by atoms with Crippen molar-refractivity contribution in [3.05, 3.63) is 24.3 Å². The zero-order chi connectivity index (χ0) is 12.1. The molecule has 0 spiro atoms. The van der Waals surface area contributed by atoms with Gasteiger partial charge < -0.3 is 15.0 Å². The van der Waals surface area contributed by atoms with E-state index in [1.807, 2.05) is 6.07 Å². The first-order valence-electron chi connectivity index (χ1n) is 6.43. The lowest BCUT2D eigenvalue weighted by Crippen LogP contribution is -2.26. The van der Waals surface area contributed by atoms with E-state index in [-0.39, 0.29) is 0 Å². The summed E-state index contributed by atoms with van der Waals surface area (Å²) in [6.07, 6.45) is 1.28. The summed E-state index contributed by atoms with van der Waals surface area (Å²) < 4.78 is 5.27. The van der Waals surface area contributed by atoms with Gasteiger partial charge in [0.1, 0.15) is 5.75 Å². The number of rotatable bonds is 5. The number of benzene rings is 1. The van der Waals surface area contributed by atoms with Crippen molar-refractivity contribution in [2.24, 2.45) is 5.92 Å². The second-order valence-electron chi connectivity index (χ2n) is 4.61. The Labute approximate surface area is 104 Å². The van der Waals surface area contributed by atoms with Gasteiger partial charge in [-0.25, -0.2) is 0 Å². The Morgan fingerprint density at radius 2 is 2.35 bits per heavy atom. The van der Waals surface area contributed by atoms with Crippen molar-refractivity contribution >= 4 is 5.69 Å². The fourth-order valence-corrected chi connectivity index (χ4v) is 2.39. The van der Waals surface area contributed by atoms with E-state index in [2.05, 4.69) is 35.3 Å². The normalized spacial score (nSPS) is 19.6. The van der Waals surface area contributed by atoms with E-state index in [0.29, 0.717) is 0 Å². The fourth-order valence-electron chi connectivity index (χ4n) is 2.39. The van der Waals surface area contributed by atoms with Crippen LogP contribution in [0, 0.1) is 5.92 Å². The van der Waals surface area contributed by atoms with Gasteiger partial charge in [0.2, 0.25) is 0 Å². The van der Waals surface area contributed by atoms with Crippen LogP contribution in [0.15, 0.2) is 24.3 Å². The lowest BCUT2D eigenvalue weighted by molar-refractivity contribution is 0.415. The molecule has 0 radical (unpaired) electrons. The van der Waals surface area contributed by atoms with Crippen LogP contribution in [0.1, 0.15) is 13.3 Å². The van der Waals surface area contributed by atoms with Crippen molar-refractivity contribution in [1.29, 1.82) is 0 Å². The molecule has 0 aromatic heterocycles. The number of methoxy groups -OCH3 is 1. The first-order valence-corrected chi connectivity index (χ1v) is 6.43. The Kier molecular flexibility index (Phi) is 4.26. The predicted molar refractivity (Wildman–Crippen MR) is 71.9 cm³/mol. The molecule has 1 aromatic carbocycles. The highest BCUT2D eigenvalue weighted by molar-refractivity contribution is 5.51. The summed E-state index contributed by atoms with van der Waals surface area (Å²) in [5, 5.41) is 3.43. The second kappa shape index (κ2) is 5.92. The van der Waals surface area contributed by atoms with Crippen LogP contribution in [0.5, 0.6) is 5.75 Å². The third kappa shape index (κ3) is 3.13. The van der Waals surface area contributed by atoms with Gasteiger partial charge in [0.25, 0.3) is 0 Å². The molecular formula is C14H22N2O. The molecule has 0 aliphatic carbocycles. The van der Waals surface area contributed by atoms with Crippen LogP contribution >= 0.6 is 0 Å². The molecule has 0 amide bonds. The molecular weight excluding hydrogens is 212 g/mol. The van der Waals surface area contributed by atoms with Gasteiger partial charge in [0.05, 0.1) is 7.11 Å². The van der Waals surface area contributed by atoms with Crippen LogP contribution in [-0.2, 0) is 0 Å². The number of ether oxygens (including phenoxy) is 1. The zero-order valence-electron chi connectivity index (χ0n) is 10.8. The number of hydrogen-bond acceptors (Lipinski definition) is 3. The summed E-state index contributed by atoms with van der Waals surface area (Å²) in [7, 11) is 1.72. The van der Waals surface area contributed by atoms with Gasteiger partial charge in [-0.3, -0.25) is 0 Å². The van der Waals surface area contributed by atoms with Gasteiger partial charge in [-0.15, -0.1) is 0 Å². The maximum Gasteiger partial charge on any atom is 0.120 e. The zero-order valence-corrected chi connectivity index (χ0v) is 10.8. The molecule has 1 heterocycles. The highest BCUT2D eigenvalue weighted by atomic mass is 16.5. The molecule has 1 unspecified atom stereocenters. The molecule has 1 fully saturated rings. The van der Waals surface area contributed by atoms with Crippen LogP contribution in [0.4, 0.5) is 5.69 Å². The molecule has 1 aliphatic heterocycles. The average Bonchev–Trinajstić information content (AvgIpc) is 2.85. The molecule has 2 rings (SSSR count). The molecule has 1 aliphatic rings.